The second kappa shape index (κ2) is 7.49. The summed E-state index contributed by atoms with van der Waals surface area (Å²) in [5.41, 5.74) is 1.80. The van der Waals surface area contributed by atoms with Gasteiger partial charge in [0.1, 0.15) is 0 Å². The van der Waals surface area contributed by atoms with Crippen LogP contribution in [0, 0.1) is 62.6 Å². The molecule has 0 aromatic heterocycles. The molecule has 2 heteroatoms. The van der Waals surface area contributed by atoms with Crippen molar-refractivity contribution < 1.29 is 9.90 Å². The highest BCUT2D eigenvalue weighted by atomic mass is 16.4. The minimum absolute atomic E-state index is 0.0546. The highest BCUT2D eigenvalue weighted by Crippen LogP contribution is 2.77. The molecule has 2 nitrogen and oxygen atoms in total. The van der Waals surface area contributed by atoms with Gasteiger partial charge in [0.15, 0.2) is 0 Å². The third kappa shape index (κ3) is 3.13. The number of aliphatic carboxylic acids is 1. The molecule has 188 valence electrons. The highest BCUT2D eigenvalue weighted by molar-refractivity contribution is 5.68. The van der Waals surface area contributed by atoms with E-state index in [1.807, 2.05) is 0 Å². The summed E-state index contributed by atoms with van der Waals surface area (Å²) in [6.07, 6.45) is 15.0. The molecule has 33 heavy (non-hydrogen) atoms. The Hall–Kier alpha value is -0.530. The number of hydrogen-bond acceptors (Lipinski definition) is 1. The van der Waals surface area contributed by atoms with Crippen LogP contribution in [0.3, 0.4) is 0 Å². The highest BCUT2D eigenvalue weighted by Gasteiger charge is 2.69. The summed E-state index contributed by atoms with van der Waals surface area (Å²) >= 11 is 0. The van der Waals surface area contributed by atoms with Gasteiger partial charge >= 0.3 is 5.97 Å². The molecule has 0 unspecified atom stereocenters. The summed E-state index contributed by atoms with van der Waals surface area (Å²) < 4.78 is 0. The number of carbonyl (C=O) groups is 1. The maximum absolute atomic E-state index is 12.1. The standard InChI is InChI=1S/C31H52O2/c1-20-11-16-31(19-25(32)33)18-17-29(6)22(26(31)21(20)2)9-10-24-28(5)14-8-13-27(3,4)23(28)12-15-30(24,29)7/h20-24,26H,8-19H2,1-7H3,(H,32,33)/t20-,21+,22-,23+,24-,26+,28+,29-,30-,31-/m1/s1. The lowest BCUT2D eigenvalue weighted by Crippen LogP contribution is -2.66. The Labute approximate surface area is 204 Å². The summed E-state index contributed by atoms with van der Waals surface area (Å²) in [5.74, 6) is 3.86. The number of hydrogen-bond donors (Lipinski definition) is 1. The van der Waals surface area contributed by atoms with Crippen LogP contribution in [0.25, 0.3) is 0 Å². The smallest absolute Gasteiger partial charge is 0.303 e. The van der Waals surface area contributed by atoms with Gasteiger partial charge in [-0.05, 0) is 127 Å². The van der Waals surface area contributed by atoms with E-state index in [2.05, 4.69) is 48.5 Å². The van der Waals surface area contributed by atoms with Gasteiger partial charge in [-0.25, -0.2) is 0 Å². The normalized spacial score (nSPS) is 55.5. The Morgan fingerprint density at radius 3 is 2.21 bits per heavy atom. The summed E-state index contributed by atoms with van der Waals surface area (Å²) in [6.45, 7) is 18.2. The van der Waals surface area contributed by atoms with E-state index in [1.54, 1.807) is 0 Å². The minimum Gasteiger partial charge on any atom is -0.481 e. The molecular formula is C31H52O2. The number of fused-ring (bicyclic) bond motifs is 7. The van der Waals surface area contributed by atoms with Crippen molar-refractivity contribution in [2.45, 2.75) is 126 Å². The first kappa shape index (κ1) is 24.2. The fourth-order valence-electron chi connectivity index (χ4n) is 12.2. The fourth-order valence-corrected chi connectivity index (χ4v) is 12.2. The van der Waals surface area contributed by atoms with Gasteiger partial charge in [0, 0.05) is 0 Å². The van der Waals surface area contributed by atoms with Crippen LogP contribution in [-0.4, -0.2) is 11.1 Å². The van der Waals surface area contributed by atoms with Crippen LogP contribution in [0.5, 0.6) is 0 Å². The van der Waals surface area contributed by atoms with Gasteiger partial charge in [0.25, 0.3) is 0 Å². The van der Waals surface area contributed by atoms with Crippen molar-refractivity contribution in [3.63, 3.8) is 0 Å². The second-order valence-electron chi connectivity index (χ2n) is 15.3. The molecule has 5 rings (SSSR count). The Morgan fingerprint density at radius 2 is 1.52 bits per heavy atom. The van der Waals surface area contributed by atoms with Crippen LogP contribution in [0.4, 0.5) is 0 Å². The van der Waals surface area contributed by atoms with E-state index < -0.39 is 5.97 Å². The van der Waals surface area contributed by atoms with Crippen molar-refractivity contribution in [1.29, 1.82) is 0 Å². The first-order valence-corrected chi connectivity index (χ1v) is 14.5. The molecule has 0 aliphatic heterocycles. The zero-order chi connectivity index (χ0) is 24.0. The third-order valence-corrected chi connectivity index (χ3v) is 14.0. The van der Waals surface area contributed by atoms with Crippen LogP contribution >= 0.6 is 0 Å². The van der Waals surface area contributed by atoms with Crippen LogP contribution in [0.1, 0.15) is 126 Å². The predicted octanol–water partition coefficient (Wildman–Crippen LogP) is 8.59. The summed E-state index contributed by atoms with van der Waals surface area (Å²) in [4.78, 5) is 12.1. The molecule has 0 spiro atoms. The van der Waals surface area contributed by atoms with Gasteiger partial charge in [-0.2, -0.15) is 0 Å². The molecule has 0 aromatic carbocycles. The zero-order valence-corrected chi connectivity index (χ0v) is 22.8. The van der Waals surface area contributed by atoms with Crippen molar-refractivity contribution in [3.05, 3.63) is 0 Å². The van der Waals surface area contributed by atoms with Crippen LogP contribution in [-0.2, 0) is 4.79 Å². The van der Waals surface area contributed by atoms with E-state index in [9.17, 15) is 9.90 Å². The predicted molar refractivity (Wildman–Crippen MR) is 136 cm³/mol. The Balaban J connectivity index is 1.55. The molecule has 5 aliphatic rings. The summed E-state index contributed by atoms with van der Waals surface area (Å²) in [5, 5.41) is 9.96. The third-order valence-electron chi connectivity index (χ3n) is 14.0. The number of carboxylic acid groups (broad SMARTS) is 1. The number of carboxylic acids is 1. The van der Waals surface area contributed by atoms with Crippen LogP contribution < -0.4 is 0 Å². The van der Waals surface area contributed by atoms with Gasteiger partial charge in [0.2, 0.25) is 0 Å². The molecule has 0 saturated heterocycles. The van der Waals surface area contributed by atoms with Gasteiger partial charge in [-0.3, -0.25) is 4.79 Å². The van der Waals surface area contributed by atoms with Crippen molar-refractivity contribution in [3.8, 4) is 0 Å². The molecule has 0 heterocycles. The van der Waals surface area contributed by atoms with E-state index in [0.717, 1.165) is 30.6 Å². The molecule has 5 aliphatic carbocycles. The molecule has 0 bridgehead atoms. The SMILES string of the molecule is C[C@@H]1[C@H]2[C@H]3CC[C@@H]4[C@@]5(C)CCCC(C)(C)[C@@H]5CC[C@@]4(C)[C@]3(C)CC[C@@]2(CC(=O)O)CC[C@H]1C. The monoisotopic (exact) mass is 456 g/mol. The molecular weight excluding hydrogens is 404 g/mol. The van der Waals surface area contributed by atoms with Crippen molar-refractivity contribution in [1.82, 2.24) is 0 Å². The maximum atomic E-state index is 12.1. The maximum Gasteiger partial charge on any atom is 0.303 e. The zero-order valence-electron chi connectivity index (χ0n) is 22.8. The van der Waals surface area contributed by atoms with E-state index in [-0.39, 0.29) is 5.41 Å². The quantitative estimate of drug-likeness (QED) is 0.451. The molecule has 5 saturated carbocycles. The molecule has 0 radical (unpaired) electrons. The lowest BCUT2D eigenvalue weighted by Gasteiger charge is -2.74. The largest absolute Gasteiger partial charge is 0.481 e. The van der Waals surface area contributed by atoms with Crippen molar-refractivity contribution in [2.24, 2.45) is 62.6 Å². The van der Waals surface area contributed by atoms with E-state index in [4.69, 9.17) is 0 Å². The van der Waals surface area contributed by atoms with Gasteiger partial charge in [-0.15, -0.1) is 0 Å². The average Bonchev–Trinajstić information content (AvgIpc) is 2.71. The lowest BCUT2D eigenvalue weighted by atomic mass is 9.31. The summed E-state index contributed by atoms with van der Waals surface area (Å²) in [6, 6.07) is 0. The summed E-state index contributed by atoms with van der Waals surface area (Å²) in [7, 11) is 0. The van der Waals surface area contributed by atoms with E-state index in [1.165, 1.54) is 57.8 Å². The van der Waals surface area contributed by atoms with Crippen LogP contribution in [0.2, 0.25) is 0 Å². The molecule has 1 N–H and O–H groups in total. The molecule has 10 atom stereocenters. The average molecular weight is 457 g/mol. The Bertz CT molecular complexity index is 801. The lowest BCUT2D eigenvalue weighted by molar-refractivity contribution is -0.250. The Kier molecular flexibility index (Phi) is 5.49. The molecule has 5 fully saturated rings. The topological polar surface area (TPSA) is 37.3 Å². The molecule has 0 amide bonds. The first-order valence-electron chi connectivity index (χ1n) is 14.5. The van der Waals surface area contributed by atoms with Crippen molar-refractivity contribution >= 4 is 5.97 Å². The van der Waals surface area contributed by atoms with E-state index >= 15 is 0 Å². The van der Waals surface area contributed by atoms with Crippen LogP contribution in [0.15, 0.2) is 0 Å². The second-order valence-corrected chi connectivity index (χ2v) is 15.3. The minimum atomic E-state index is -0.553. The van der Waals surface area contributed by atoms with Crippen molar-refractivity contribution in [2.75, 3.05) is 0 Å². The van der Waals surface area contributed by atoms with Gasteiger partial charge < -0.3 is 5.11 Å². The van der Waals surface area contributed by atoms with Gasteiger partial charge in [0.05, 0.1) is 6.42 Å². The van der Waals surface area contributed by atoms with Gasteiger partial charge in [-0.1, -0.05) is 54.9 Å². The number of rotatable bonds is 2. The van der Waals surface area contributed by atoms with E-state index in [0.29, 0.717) is 45.8 Å². The molecule has 0 aromatic rings. The first-order chi connectivity index (χ1) is 15.3. The fraction of sp³-hybridized carbons (Fsp3) is 0.968. The Morgan fingerprint density at radius 1 is 0.788 bits per heavy atom.